The SMILES string of the molecule is c1sc(N2CCCCCC2)nc1C1CCOC1. The third-order valence-electron chi connectivity index (χ3n) is 3.73. The topological polar surface area (TPSA) is 25.4 Å². The van der Waals surface area contributed by atoms with Crippen LogP contribution in [0.1, 0.15) is 43.7 Å². The van der Waals surface area contributed by atoms with Crippen molar-refractivity contribution in [3.63, 3.8) is 0 Å². The average molecular weight is 252 g/mol. The van der Waals surface area contributed by atoms with E-state index < -0.39 is 0 Å². The van der Waals surface area contributed by atoms with Crippen molar-refractivity contribution in [3.8, 4) is 0 Å². The summed E-state index contributed by atoms with van der Waals surface area (Å²) in [6.45, 7) is 4.15. The molecule has 1 unspecified atom stereocenters. The van der Waals surface area contributed by atoms with Gasteiger partial charge in [-0.3, -0.25) is 0 Å². The number of ether oxygens (including phenoxy) is 1. The molecule has 2 aliphatic heterocycles. The van der Waals surface area contributed by atoms with Gasteiger partial charge in [0.25, 0.3) is 0 Å². The third-order valence-corrected chi connectivity index (χ3v) is 4.65. The Bertz CT molecular complexity index is 352. The quantitative estimate of drug-likeness (QED) is 0.809. The molecule has 3 heterocycles. The van der Waals surface area contributed by atoms with Crippen molar-refractivity contribution in [2.45, 2.75) is 38.0 Å². The number of hydrogen-bond donors (Lipinski definition) is 0. The van der Waals surface area contributed by atoms with Gasteiger partial charge >= 0.3 is 0 Å². The molecule has 2 aliphatic rings. The van der Waals surface area contributed by atoms with Gasteiger partial charge in [0, 0.05) is 31.0 Å². The van der Waals surface area contributed by atoms with Crippen molar-refractivity contribution in [1.29, 1.82) is 0 Å². The van der Waals surface area contributed by atoms with Gasteiger partial charge in [-0.15, -0.1) is 11.3 Å². The van der Waals surface area contributed by atoms with Crippen molar-refractivity contribution < 1.29 is 4.74 Å². The maximum Gasteiger partial charge on any atom is 0.185 e. The lowest BCUT2D eigenvalue weighted by Crippen LogP contribution is -2.23. The van der Waals surface area contributed by atoms with E-state index in [0.717, 1.165) is 19.6 Å². The molecule has 1 aromatic rings. The van der Waals surface area contributed by atoms with E-state index in [1.54, 1.807) is 0 Å². The van der Waals surface area contributed by atoms with Crippen LogP contribution in [0.2, 0.25) is 0 Å². The summed E-state index contributed by atoms with van der Waals surface area (Å²) in [6, 6.07) is 0. The highest BCUT2D eigenvalue weighted by Crippen LogP contribution is 2.30. The summed E-state index contributed by atoms with van der Waals surface area (Å²) >= 11 is 1.81. The first-order valence-electron chi connectivity index (χ1n) is 6.71. The summed E-state index contributed by atoms with van der Waals surface area (Å²) in [6.07, 6.45) is 6.54. The van der Waals surface area contributed by atoms with Gasteiger partial charge in [-0.25, -0.2) is 4.98 Å². The predicted molar refractivity (Wildman–Crippen MR) is 71.0 cm³/mol. The first-order valence-corrected chi connectivity index (χ1v) is 7.59. The van der Waals surface area contributed by atoms with Gasteiger partial charge < -0.3 is 9.64 Å². The van der Waals surface area contributed by atoms with E-state index >= 15 is 0 Å². The van der Waals surface area contributed by atoms with E-state index in [0.29, 0.717) is 5.92 Å². The molecule has 4 heteroatoms. The Kier molecular flexibility index (Phi) is 3.62. The van der Waals surface area contributed by atoms with Gasteiger partial charge in [-0.1, -0.05) is 12.8 Å². The second-order valence-electron chi connectivity index (χ2n) is 5.02. The Morgan fingerprint density at radius 3 is 2.76 bits per heavy atom. The maximum absolute atomic E-state index is 5.44. The lowest BCUT2D eigenvalue weighted by molar-refractivity contribution is 0.193. The molecular formula is C13H20N2OS. The van der Waals surface area contributed by atoms with Gasteiger partial charge in [-0.05, 0) is 19.3 Å². The maximum atomic E-state index is 5.44. The summed E-state index contributed by atoms with van der Waals surface area (Å²) in [5.41, 5.74) is 1.26. The van der Waals surface area contributed by atoms with Crippen molar-refractivity contribution >= 4 is 16.5 Å². The Morgan fingerprint density at radius 1 is 1.24 bits per heavy atom. The lowest BCUT2D eigenvalue weighted by atomic mass is 10.1. The van der Waals surface area contributed by atoms with Crippen LogP contribution in [0, 0.1) is 0 Å². The molecule has 0 bridgehead atoms. The molecule has 17 heavy (non-hydrogen) atoms. The summed E-state index contributed by atoms with van der Waals surface area (Å²) < 4.78 is 5.44. The fourth-order valence-electron chi connectivity index (χ4n) is 2.64. The van der Waals surface area contributed by atoms with Crippen molar-refractivity contribution in [3.05, 3.63) is 11.1 Å². The number of thiazole rings is 1. The van der Waals surface area contributed by atoms with Crippen molar-refractivity contribution in [1.82, 2.24) is 4.98 Å². The van der Waals surface area contributed by atoms with Gasteiger partial charge in [0.15, 0.2) is 5.13 Å². The smallest absolute Gasteiger partial charge is 0.185 e. The molecule has 0 saturated carbocycles. The normalized spacial score (nSPS) is 26.1. The van der Waals surface area contributed by atoms with E-state index in [4.69, 9.17) is 9.72 Å². The Balaban J connectivity index is 1.70. The van der Waals surface area contributed by atoms with Crippen LogP contribution in [0.25, 0.3) is 0 Å². The Hall–Kier alpha value is -0.610. The number of anilines is 1. The van der Waals surface area contributed by atoms with Crippen LogP contribution in [0.3, 0.4) is 0 Å². The second kappa shape index (κ2) is 5.36. The van der Waals surface area contributed by atoms with Gasteiger partial charge in [-0.2, -0.15) is 0 Å². The fraction of sp³-hybridized carbons (Fsp3) is 0.769. The summed E-state index contributed by atoms with van der Waals surface area (Å²) in [4.78, 5) is 7.29. The fourth-order valence-corrected chi connectivity index (χ4v) is 3.60. The minimum absolute atomic E-state index is 0.548. The van der Waals surface area contributed by atoms with E-state index in [9.17, 15) is 0 Å². The van der Waals surface area contributed by atoms with E-state index in [-0.39, 0.29) is 0 Å². The molecule has 94 valence electrons. The molecule has 0 spiro atoms. The first-order chi connectivity index (χ1) is 8.43. The van der Waals surface area contributed by atoms with Crippen LogP contribution in [0.4, 0.5) is 5.13 Å². The van der Waals surface area contributed by atoms with E-state index in [1.807, 2.05) is 11.3 Å². The summed E-state index contributed by atoms with van der Waals surface area (Å²) in [5.74, 6) is 0.548. The van der Waals surface area contributed by atoms with E-state index in [2.05, 4.69) is 10.3 Å². The summed E-state index contributed by atoms with van der Waals surface area (Å²) in [7, 11) is 0. The minimum Gasteiger partial charge on any atom is -0.381 e. The largest absolute Gasteiger partial charge is 0.381 e. The molecule has 2 saturated heterocycles. The molecule has 0 N–H and O–H groups in total. The molecule has 0 amide bonds. The predicted octanol–water partition coefficient (Wildman–Crippen LogP) is 3.03. The highest BCUT2D eigenvalue weighted by molar-refractivity contribution is 7.13. The van der Waals surface area contributed by atoms with Crippen LogP contribution < -0.4 is 4.90 Å². The van der Waals surface area contributed by atoms with Crippen molar-refractivity contribution in [2.24, 2.45) is 0 Å². The molecule has 1 aromatic heterocycles. The zero-order valence-corrected chi connectivity index (χ0v) is 11.0. The van der Waals surface area contributed by atoms with Gasteiger partial charge in [0.1, 0.15) is 0 Å². The Labute approximate surface area is 107 Å². The average Bonchev–Trinajstić information content (AvgIpc) is 2.95. The number of aromatic nitrogens is 1. The van der Waals surface area contributed by atoms with Gasteiger partial charge in [0.05, 0.1) is 12.3 Å². The molecular weight excluding hydrogens is 232 g/mol. The standard InChI is InChI=1S/C13H20N2OS/c1-2-4-7-15(6-3-1)13-14-12(10-17-13)11-5-8-16-9-11/h10-11H,1-9H2. The van der Waals surface area contributed by atoms with Crippen LogP contribution >= 0.6 is 11.3 Å². The molecule has 0 aliphatic carbocycles. The molecule has 0 radical (unpaired) electrons. The lowest BCUT2D eigenvalue weighted by Gasteiger charge is -2.18. The minimum atomic E-state index is 0.548. The van der Waals surface area contributed by atoms with Crippen LogP contribution in [-0.4, -0.2) is 31.3 Å². The molecule has 1 atom stereocenters. The van der Waals surface area contributed by atoms with Crippen LogP contribution in [-0.2, 0) is 4.74 Å². The zero-order valence-electron chi connectivity index (χ0n) is 10.2. The van der Waals surface area contributed by atoms with Crippen LogP contribution in [0.15, 0.2) is 5.38 Å². The second-order valence-corrected chi connectivity index (χ2v) is 5.85. The van der Waals surface area contributed by atoms with Crippen LogP contribution in [0.5, 0.6) is 0 Å². The number of rotatable bonds is 2. The van der Waals surface area contributed by atoms with Crippen molar-refractivity contribution in [2.75, 3.05) is 31.2 Å². The van der Waals surface area contributed by atoms with E-state index in [1.165, 1.54) is 49.6 Å². The monoisotopic (exact) mass is 252 g/mol. The number of hydrogen-bond acceptors (Lipinski definition) is 4. The molecule has 3 nitrogen and oxygen atoms in total. The van der Waals surface area contributed by atoms with Gasteiger partial charge in [0.2, 0.25) is 0 Å². The zero-order chi connectivity index (χ0) is 11.5. The molecule has 2 fully saturated rings. The Morgan fingerprint density at radius 2 is 2.06 bits per heavy atom. The third kappa shape index (κ3) is 2.63. The summed E-state index contributed by atoms with van der Waals surface area (Å²) in [5, 5.41) is 3.47. The number of nitrogens with zero attached hydrogens (tertiary/aromatic N) is 2. The molecule has 0 aromatic carbocycles. The first kappa shape index (κ1) is 11.5. The highest BCUT2D eigenvalue weighted by Gasteiger charge is 2.22. The molecule has 3 rings (SSSR count). The highest BCUT2D eigenvalue weighted by atomic mass is 32.1.